The quantitative estimate of drug-likeness (QED) is 0.831. The molecule has 6 heteroatoms. The normalized spacial score (nSPS) is 12.7. The Kier molecular flexibility index (Phi) is 4.80. The molecular formula is C12H19BrN2O2S. The molecule has 0 aliphatic carbocycles. The SMILES string of the molecule is CC(C)(C)CCNS(=O)(=O)c1cc(Br)ccc1N. The van der Waals surface area contributed by atoms with E-state index in [1.54, 1.807) is 12.1 Å². The number of nitrogens with one attached hydrogen (secondary N) is 1. The molecule has 0 heterocycles. The number of sulfonamides is 1. The molecule has 0 aromatic heterocycles. The van der Waals surface area contributed by atoms with Crippen molar-refractivity contribution >= 4 is 31.6 Å². The van der Waals surface area contributed by atoms with Crippen molar-refractivity contribution in [2.45, 2.75) is 32.1 Å². The fraction of sp³-hybridized carbons (Fsp3) is 0.500. The highest BCUT2D eigenvalue weighted by atomic mass is 79.9. The van der Waals surface area contributed by atoms with Gasteiger partial charge in [0.05, 0.1) is 5.69 Å². The highest BCUT2D eigenvalue weighted by molar-refractivity contribution is 9.10. The van der Waals surface area contributed by atoms with Gasteiger partial charge in [-0.05, 0) is 30.0 Å². The summed E-state index contributed by atoms with van der Waals surface area (Å²) in [4.78, 5) is 0.116. The maximum absolute atomic E-state index is 12.1. The lowest BCUT2D eigenvalue weighted by atomic mass is 9.93. The summed E-state index contributed by atoms with van der Waals surface area (Å²) >= 11 is 3.24. The average molecular weight is 335 g/mol. The molecule has 0 aliphatic heterocycles. The Labute approximate surface area is 117 Å². The molecule has 0 spiro atoms. The lowest BCUT2D eigenvalue weighted by molar-refractivity contribution is 0.378. The Hall–Kier alpha value is -0.590. The van der Waals surface area contributed by atoms with Crippen molar-refractivity contribution < 1.29 is 8.42 Å². The van der Waals surface area contributed by atoms with Crippen LogP contribution in [0.2, 0.25) is 0 Å². The van der Waals surface area contributed by atoms with Gasteiger partial charge in [0.15, 0.2) is 0 Å². The first-order chi connectivity index (χ1) is 8.12. The van der Waals surface area contributed by atoms with E-state index in [0.29, 0.717) is 11.0 Å². The van der Waals surface area contributed by atoms with Crippen LogP contribution in [-0.2, 0) is 10.0 Å². The van der Waals surface area contributed by atoms with Crippen LogP contribution in [0.3, 0.4) is 0 Å². The number of hydrogen-bond donors (Lipinski definition) is 2. The first-order valence-electron chi connectivity index (χ1n) is 5.66. The van der Waals surface area contributed by atoms with Gasteiger partial charge in [0.1, 0.15) is 4.90 Å². The van der Waals surface area contributed by atoms with Crippen LogP contribution < -0.4 is 10.5 Å². The van der Waals surface area contributed by atoms with Gasteiger partial charge in [-0.25, -0.2) is 13.1 Å². The molecule has 1 rings (SSSR count). The first-order valence-corrected chi connectivity index (χ1v) is 7.94. The van der Waals surface area contributed by atoms with Gasteiger partial charge in [-0.15, -0.1) is 0 Å². The highest BCUT2D eigenvalue weighted by Crippen LogP contribution is 2.23. The zero-order valence-electron chi connectivity index (χ0n) is 10.8. The molecule has 0 unspecified atom stereocenters. The van der Waals surface area contributed by atoms with Gasteiger partial charge in [-0.3, -0.25) is 0 Å². The zero-order chi connectivity index (χ0) is 14.0. The molecule has 3 N–H and O–H groups in total. The third-order valence-electron chi connectivity index (χ3n) is 2.43. The molecule has 0 atom stereocenters. The molecule has 1 aromatic rings. The van der Waals surface area contributed by atoms with Crippen LogP contribution in [-0.4, -0.2) is 15.0 Å². The predicted octanol–water partition coefficient (Wildman–Crippen LogP) is 2.75. The standard InChI is InChI=1S/C12H19BrN2O2S/c1-12(2,3)6-7-15-18(16,17)11-8-9(13)4-5-10(11)14/h4-5,8,15H,6-7,14H2,1-3H3. The molecule has 0 radical (unpaired) electrons. The van der Waals surface area contributed by atoms with Gasteiger partial charge in [0, 0.05) is 11.0 Å². The maximum Gasteiger partial charge on any atom is 0.242 e. The summed E-state index contributed by atoms with van der Waals surface area (Å²) in [5.41, 5.74) is 6.03. The van der Waals surface area contributed by atoms with Gasteiger partial charge in [0.2, 0.25) is 10.0 Å². The summed E-state index contributed by atoms with van der Waals surface area (Å²) in [5, 5.41) is 0. The van der Waals surface area contributed by atoms with Crippen LogP contribution >= 0.6 is 15.9 Å². The topological polar surface area (TPSA) is 72.2 Å². The average Bonchev–Trinajstić information content (AvgIpc) is 2.19. The van der Waals surface area contributed by atoms with E-state index in [2.05, 4.69) is 41.4 Å². The number of halogens is 1. The van der Waals surface area contributed by atoms with E-state index in [1.807, 2.05) is 0 Å². The number of benzene rings is 1. The molecule has 0 bridgehead atoms. The predicted molar refractivity (Wildman–Crippen MR) is 77.8 cm³/mol. The molecule has 0 aliphatic rings. The van der Waals surface area contributed by atoms with Crippen molar-refractivity contribution in [2.75, 3.05) is 12.3 Å². The molecule has 0 fully saturated rings. The zero-order valence-corrected chi connectivity index (χ0v) is 13.2. The molecular weight excluding hydrogens is 316 g/mol. The fourth-order valence-electron chi connectivity index (χ4n) is 1.38. The van der Waals surface area contributed by atoms with Gasteiger partial charge in [-0.1, -0.05) is 36.7 Å². The number of rotatable bonds is 4. The maximum atomic E-state index is 12.1. The molecule has 0 saturated carbocycles. The summed E-state index contributed by atoms with van der Waals surface area (Å²) in [6.07, 6.45) is 0.764. The van der Waals surface area contributed by atoms with E-state index in [9.17, 15) is 8.42 Å². The van der Waals surface area contributed by atoms with Crippen LogP contribution in [0.15, 0.2) is 27.6 Å². The molecule has 4 nitrogen and oxygen atoms in total. The molecule has 18 heavy (non-hydrogen) atoms. The lowest BCUT2D eigenvalue weighted by Crippen LogP contribution is -2.28. The van der Waals surface area contributed by atoms with Crippen molar-refractivity contribution in [1.29, 1.82) is 0 Å². The molecule has 1 aromatic carbocycles. The van der Waals surface area contributed by atoms with E-state index in [4.69, 9.17) is 5.73 Å². The van der Waals surface area contributed by atoms with Crippen molar-refractivity contribution in [3.05, 3.63) is 22.7 Å². The number of anilines is 1. The largest absolute Gasteiger partial charge is 0.398 e. The lowest BCUT2D eigenvalue weighted by Gasteiger charge is -2.18. The Morgan fingerprint density at radius 1 is 1.33 bits per heavy atom. The summed E-state index contributed by atoms with van der Waals surface area (Å²) < 4.78 is 27.4. The van der Waals surface area contributed by atoms with Crippen LogP contribution in [0.25, 0.3) is 0 Å². The Bertz CT molecular complexity index is 521. The molecule has 0 amide bonds. The monoisotopic (exact) mass is 334 g/mol. The van der Waals surface area contributed by atoms with E-state index in [-0.39, 0.29) is 16.0 Å². The minimum absolute atomic E-state index is 0.0886. The fourth-order valence-corrected chi connectivity index (χ4v) is 3.08. The smallest absolute Gasteiger partial charge is 0.242 e. The van der Waals surface area contributed by atoms with Crippen LogP contribution in [0, 0.1) is 5.41 Å². The number of hydrogen-bond acceptors (Lipinski definition) is 3. The van der Waals surface area contributed by atoms with Crippen LogP contribution in [0.1, 0.15) is 27.2 Å². The van der Waals surface area contributed by atoms with E-state index >= 15 is 0 Å². The van der Waals surface area contributed by atoms with Crippen molar-refractivity contribution in [2.24, 2.45) is 5.41 Å². The second kappa shape index (κ2) is 5.59. The molecule has 102 valence electrons. The second-order valence-electron chi connectivity index (χ2n) is 5.39. The number of nitrogen functional groups attached to an aromatic ring is 1. The molecule has 0 saturated heterocycles. The second-order valence-corrected chi connectivity index (χ2v) is 8.04. The first kappa shape index (κ1) is 15.5. The van der Waals surface area contributed by atoms with Gasteiger partial charge >= 0.3 is 0 Å². The van der Waals surface area contributed by atoms with Gasteiger partial charge in [-0.2, -0.15) is 0 Å². The van der Waals surface area contributed by atoms with E-state index in [1.165, 1.54) is 6.07 Å². The van der Waals surface area contributed by atoms with Crippen molar-refractivity contribution in [3.8, 4) is 0 Å². The van der Waals surface area contributed by atoms with Crippen LogP contribution in [0.5, 0.6) is 0 Å². The highest BCUT2D eigenvalue weighted by Gasteiger charge is 2.18. The van der Waals surface area contributed by atoms with Gasteiger partial charge < -0.3 is 5.73 Å². The summed E-state index contributed by atoms with van der Waals surface area (Å²) in [5.74, 6) is 0. The van der Waals surface area contributed by atoms with Gasteiger partial charge in [0.25, 0.3) is 0 Å². The summed E-state index contributed by atoms with van der Waals surface area (Å²) in [7, 11) is -3.54. The minimum atomic E-state index is -3.54. The van der Waals surface area contributed by atoms with Crippen LogP contribution in [0.4, 0.5) is 5.69 Å². The van der Waals surface area contributed by atoms with Crippen molar-refractivity contribution in [3.63, 3.8) is 0 Å². The van der Waals surface area contributed by atoms with E-state index in [0.717, 1.165) is 6.42 Å². The number of nitrogens with two attached hydrogens (primary N) is 1. The Morgan fingerprint density at radius 2 is 1.94 bits per heavy atom. The minimum Gasteiger partial charge on any atom is -0.398 e. The Balaban J connectivity index is 2.84. The third kappa shape index (κ3) is 4.59. The van der Waals surface area contributed by atoms with Crippen molar-refractivity contribution in [1.82, 2.24) is 4.72 Å². The summed E-state index contributed by atoms with van der Waals surface area (Å²) in [6.45, 7) is 6.59. The summed E-state index contributed by atoms with van der Waals surface area (Å²) in [6, 6.07) is 4.79. The van der Waals surface area contributed by atoms with E-state index < -0.39 is 10.0 Å². The third-order valence-corrected chi connectivity index (χ3v) is 4.44. The Morgan fingerprint density at radius 3 is 2.50 bits per heavy atom.